The molecule has 1 N–H and O–H groups in total. The van der Waals surface area contributed by atoms with Crippen LogP contribution in [0.1, 0.15) is 24.4 Å². The van der Waals surface area contributed by atoms with E-state index in [-0.39, 0.29) is 18.5 Å². The predicted octanol–water partition coefficient (Wildman–Crippen LogP) is 2.62. The standard InChI is InChI=1S/C17H18N4O/c1-12(14-7-9-18-10-8-14)19-17(22)11-21-13(2)20-15-5-3-4-6-16(15)21/h3-10,12H,11H2,1-2H3,(H,19,22)/t12-/m1/s1. The second-order valence-electron chi connectivity index (χ2n) is 5.30. The molecule has 0 aliphatic rings. The Morgan fingerprint density at radius 3 is 2.73 bits per heavy atom. The van der Waals surface area contributed by atoms with E-state index >= 15 is 0 Å². The van der Waals surface area contributed by atoms with Gasteiger partial charge in [0.15, 0.2) is 0 Å². The number of aromatic nitrogens is 3. The Morgan fingerprint density at radius 1 is 1.23 bits per heavy atom. The molecule has 0 aliphatic carbocycles. The minimum Gasteiger partial charge on any atom is -0.348 e. The van der Waals surface area contributed by atoms with Crippen molar-refractivity contribution in [1.29, 1.82) is 0 Å². The number of para-hydroxylation sites is 2. The molecular weight excluding hydrogens is 276 g/mol. The first-order valence-corrected chi connectivity index (χ1v) is 7.26. The molecule has 0 fully saturated rings. The van der Waals surface area contributed by atoms with E-state index < -0.39 is 0 Å². The first-order chi connectivity index (χ1) is 10.6. The minimum atomic E-state index is -0.0504. The number of carbonyl (C=O) groups is 1. The van der Waals surface area contributed by atoms with Crippen molar-refractivity contribution in [2.75, 3.05) is 0 Å². The molecule has 112 valence electrons. The maximum absolute atomic E-state index is 12.3. The maximum atomic E-state index is 12.3. The number of aryl methyl sites for hydroxylation is 1. The molecule has 22 heavy (non-hydrogen) atoms. The summed E-state index contributed by atoms with van der Waals surface area (Å²) < 4.78 is 1.93. The van der Waals surface area contributed by atoms with Crippen molar-refractivity contribution < 1.29 is 4.79 Å². The van der Waals surface area contributed by atoms with Crippen molar-refractivity contribution in [1.82, 2.24) is 19.9 Å². The van der Waals surface area contributed by atoms with Crippen molar-refractivity contribution in [2.24, 2.45) is 0 Å². The zero-order valence-electron chi connectivity index (χ0n) is 12.7. The van der Waals surface area contributed by atoms with Crippen molar-refractivity contribution in [3.05, 3.63) is 60.2 Å². The van der Waals surface area contributed by atoms with Gasteiger partial charge in [-0.25, -0.2) is 4.98 Å². The lowest BCUT2D eigenvalue weighted by Gasteiger charge is -2.15. The summed E-state index contributed by atoms with van der Waals surface area (Å²) in [4.78, 5) is 20.8. The number of nitrogens with one attached hydrogen (secondary N) is 1. The van der Waals surface area contributed by atoms with E-state index in [1.54, 1.807) is 12.4 Å². The normalized spacial score (nSPS) is 12.3. The third kappa shape index (κ3) is 2.83. The summed E-state index contributed by atoms with van der Waals surface area (Å²) in [5.74, 6) is 0.809. The van der Waals surface area contributed by atoms with E-state index in [4.69, 9.17) is 0 Å². The molecule has 1 aromatic carbocycles. The Balaban J connectivity index is 1.75. The molecule has 0 bridgehead atoms. The van der Waals surface area contributed by atoms with Gasteiger partial charge in [0.05, 0.1) is 17.1 Å². The Bertz CT molecular complexity index is 795. The van der Waals surface area contributed by atoms with Gasteiger partial charge < -0.3 is 9.88 Å². The van der Waals surface area contributed by atoms with Crippen LogP contribution in [0.25, 0.3) is 11.0 Å². The fourth-order valence-electron chi connectivity index (χ4n) is 2.56. The zero-order valence-corrected chi connectivity index (χ0v) is 12.7. The molecule has 5 heteroatoms. The van der Waals surface area contributed by atoms with Crippen LogP contribution >= 0.6 is 0 Å². The van der Waals surface area contributed by atoms with Gasteiger partial charge in [-0.05, 0) is 43.7 Å². The van der Waals surface area contributed by atoms with Crippen LogP contribution in [0.3, 0.4) is 0 Å². The van der Waals surface area contributed by atoms with Gasteiger partial charge in [-0.15, -0.1) is 0 Å². The molecule has 0 radical (unpaired) electrons. The number of nitrogens with zero attached hydrogens (tertiary/aromatic N) is 3. The number of pyridine rings is 1. The summed E-state index contributed by atoms with van der Waals surface area (Å²) in [6.07, 6.45) is 3.46. The number of hydrogen-bond donors (Lipinski definition) is 1. The molecule has 1 atom stereocenters. The molecule has 0 spiro atoms. The van der Waals surface area contributed by atoms with Crippen LogP contribution in [0.15, 0.2) is 48.8 Å². The molecule has 0 saturated carbocycles. The molecule has 3 rings (SSSR count). The quantitative estimate of drug-likeness (QED) is 0.804. The number of hydrogen-bond acceptors (Lipinski definition) is 3. The average molecular weight is 294 g/mol. The first-order valence-electron chi connectivity index (χ1n) is 7.26. The predicted molar refractivity (Wildman–Crippen MR) is 85.3 cm³/mol. The van der Waals surface area contributed by atoms with Gasteiger partial charge in [0.25, 0.3) is 0 Å². The minimum absolute atomic E-state index is 0.0319. The van der Waals surface area contributed by atoms with E-state index in [9.17, 15) is 4.79 Å². The van der Waals surface area contributed by atoms with E-state index in [1.807, 2.05) is 54.8 Å². The zero-order chi connectivity index (χ0) is 15.5. The lowest BCUT2D eigenvalue weighted by Crippen LogP contribution is -2.30. The van der Waals surface area contributed by atoms with E-state index in [0.29, 0.717) is 0 Å². The van der Waals surface area contributed by atoms with Crippen LogP contribution < -0.4 is 5.32 Å². The van der Waals surface area contributed by atoms with Crippen LogP contribution in [0.5, 0.6) is 0 Å². The Labute approximate surface area is 129 Å². The SMILES string of the molecule is Cc1nc2ccccc2n1CC(=O)N[C@H](C)c1ccncc1. The number of imidazole rings is 1. The molecule has 2 heterocycles. The van der Waals surface area contributed by atoms with Gasteiger partial charge in [-0.3, -0.25) is 9.78 Å². The summed E-state index contributed by atoms with van der Waals surface area (Å²) in [5, 5.41) is 3.01. The van der Waals surface area contributed by atoms with E-state index in [0.717, 1.165) is 22.4 Å². The summed E-state index contributed by atoms with van der Waals surface area (Å²) in [6.45, 7) is 4.15. The Kier molecular flexibility index (Phi) is 3.87. The summed E-state index contributed by atoms with van der Waals surface area (Å²) in [7, 11) is 0. The lowest BCUT2D eigenvalue weighted by atomic mass is 10.1. The van der Waals surface area contributed by atoms with Gasteiger partial charge in [-0.1, -0.05) is 12.1 Å². The Morgan fingerprint density at radius 2 is 1.95 bits per heavy atom. The largest absolute Gasteiger partial charge is 0.348 e. The van der Waals surface area contributed by atoms with Crippen LogP contribution in [0.2, 0.25) is 0 Å². The molecule has 2 aromatic heterocycles. The summed E-state index contributed by atoms with van der Waals surface area (Å²) >= 11 is 0. The highest BCUT2D eigenvalue weighted by molar-refractivity contribution is 5.81. The molecule has 3 aromatic rings. The van der Waals surface area contributed by atoms with Crippen LogP contribution in [-0.4, -0.2) is 20.4 Å². The van der Waals surface area contributed by atoms with Crippen molar-refractivity contribution in [2.45, 2.75) is 26.4 Å². The summed E-state index contributed by atoms with van der Waals surface area (Å²) in [5.41, 5.74) is 2.93. The number of fused-ring (bicyclic) bond motifs is 1. The van der Waals surface area contributed by atoms with E-state index in [1.165, 1.54) is 0 Å². The van der Waals surface area contributed by atoms with Crippen molar-refractivity contribution in [3.63, 3.8) is 0 Å². The molecule has 1 amide bonds. The first kappa shape index (κ1) is 14.3. The van der Waals surface area contributed by atoms with Crippen LogP contribution in [0, 0.1) is 6.92 Å². The highest BCUT2D eigenvalue weighted by atomic mass is 16.2. The molecule has 5 nitrogen and oxygen atoms in total. The third-order valence-corrected chi connectivity index (χ3v) is 3.73. The molecule has 0 aliphatic heterocycles. The average Bonchev–Trinajstić information content (AvgIpc) is 2.84. The lowest BCUT2D eigenvalue weighted by molar-refractivity contribution is -0.122. The second-order valence-corrected chi connectivity index (χ2v) is 5.30. The monoisotopic (exact) mass is 294 g/mol. The molecule has 0 saturated heterocycles. The number of benzene rings is 1. The number of amides is 1. The third-order valence-electron chi connectivity index (χ3n) is 3.73. The second kappa shape index (κ2) is 5.97. The van der Waals surface area contributed by atoms with Gasteiger partial charge >= 0.3 is 0 Å². The van der Waals surface area contributed by atoms with Gasteiger partial charge in [-0.2, -0.15) is 0 Å². The number of carbonyl (C=O) groups excluding carboxylic acids is 1. The fourth-order valence-corrected chi connectivity index (χ4v) is 2.56. The van der Waals surface area contributed by atoms with Crippen molar-refractivity contribution in [3.8, 4) is 0 Å². The fraction of sp³-hybridized carbons (Fsp3) is 0.235. The molecule has 0 unspecified atom stereocenters. The number of rotatable bonds is 4. The van der Waals surface area contributed by atoms with Gasteiger partial charge in [0, 0.05) is 12.4 Å². The molecular formula is C17H18N4O. The van der Waals surface area contributed by atoms with E-state index in [2.05, 4.69) is 15.3 Å². The highest BCUT2D eigenvalue weighted by Crippen LogP contribution is 2.16. The van der Waals surface area contributed by atoms with Gasteiger partial charge in [0.2, 0.25) is 5.91 Å². The topological polar surface area (TPSA) is 59.8 Å². The Hall–Kier alpha value is -2.69. The van der Waals surface area contributed by atoms with Crippen LogP contribution in [-0.2, 0) is 11.3 Å². The van der Waals surface area contributed by atoms with Gasteiger partial charge in [0.1, 0.15) is 12.4 Å². The van der Waals surface area contributed by atoms with Crippen LogP contribution in [0.4, 0.5) is 0 Å². The smallest absolute Gasteiger partial charge is 0.240 e. The maximum Gasteiger partial charge on any atom is 0.240 e. The van der Waals surface area contributed by atoms with Crippen molar-refractivity contribution >= 4 is 16.9 Å². The highest BCUT2D eigenvalue weighted by Gasteiger charge is 2.13. The summed E-state index contributed by atoms with van der Waals surface area (Å²) in [6, 6.07) is 11.6.